The number of benzene rings is 1. The Hall–Kier alpha value is -0.180. The van der Waals surface area contributed by atoms with Gasteiger partial charge in [0, 0.05) is 22.1 Å². The second-order valence-electron chi connectivity index (χ2n) is 4.40. The molecule has 1 unspecified atom stereocenters. The lowest BCUT2D eigenvalue weighted by Crippen LogP contribution is -2.14. The van der Waals surface area contributed by atoms with Crippen molar-refractivity contribution in [2.24, 2.45) is 5.73 Å². The Morgan fingerprint density at radius 3 is 2.81 bits per heavy atom. The molecule has 1 aliphatic carbocycles. The van der Waals surface area contributed by atoms with E-state index in [4.69, 9.17) is 17.3 Å². The average Bonchev–Trinajstić information content (AvgIpc) is 2.78. The Labute approximate surface area is 107 Å². The van der Waals surface area contributed by atoms with Gasteiger partial charge in [0.1, 0.15) is 0 Å². The van der Waals surface area contributed by atoms with E-state index in [2.05, 4.69) is 6.07 Å². The number of hydrogen-bond acceptors (Lipinski definition) is 2. The summed E-state index contributed by atoms with van der Waals surface area (Å²) in [4.78, 5) is 0. The van der Waals surface area contributed by atoms with Crippen molar-refractivity contribution in [2.75, 3.05) is 5.75 Å². The molecule has 3 heteroatoms. The zero-order valence-corrected chi connectivity index (χ0v) is 10.9. The monoisotopic (exact) mass is 255 g/mol. The van der Waals surface area contributed by atoms with Crippen molar-refractivity contribution in [2.45, 2.75) is 37.0 Å². The van der Waals surface area contributed by atoms with Gasteiger partial charge in [0.15, 0.2) is 0 Å². The molecule has 0 saturated heterocycles. The van der Waals surface area contributed by atoms with Crippen LogP contribution in [0.3, 0.4) is 0 Å². The Bertz CT molecular complexity index is 336. The molecule has 1 nitrogen and oxygen atoms in total. The summed E-state index contributed by atoms with van der Waals surface area (Å²) in [6, 6.07) is 8.01. The first-order chi connectivity index (χ1) is 7.75. The number of hydrogen-bond donors (Lipinski definition) is 1. The quantitative estimate of drug-likeness (QED) is 0.880. The van der Waals surface area contributed by atoms with E-state index in [1.54, 1.807) is 0 Å². The molecule has 1 aromatic rings. The molecule has 1 fully saturated rings. The number of nitrogens with two attached hydrogens (primary N) is 1. The van der Waals surface area contributed by atoms with Crippen molar-refractivity contribution in [1.82, 2.24) is 0 Å². The van der Waals surface area contributed by atoms with Crippen LogP contribution in [-0.4, -0.2) is 11.0 Å². The number of halogens is 1. The van der Waals surface area contributed by atoms with Gasteiger partial charge in [0.2, 0.25) is 0 Å². The van der Waals surface area contributed by atoms with Gasteiger partial charge in [0.05, 0.1) is 0 Å². The maximum atomic E-state index is 6.16. The van der Waals surface area contributed by atoms with E-state index in [0.29, 0.717) is 0 Å². The third kappa shape index (κ3) is 3.41. The van der Waals surface area contributed by atoms with Gasteiger partial charge in [-0.1, -0.05) is 36.6 Å². The molecular weight excluding hydrogens is 238 g/mol. The first-order valence-electron chi connectivity index (χ1n) is 5.88. The third-order valence-electron chi connectivity index (χ3n) is 3.09. The summed E-state index contributed by atoms with van der Waals surface area (Å²) in [5, 5.41) is 1.61. The number of thioether (sulfide) groups is 1. The fourth-order valence-corrected chi connectivity index (χ4v) is 3.67. The second kappa shape index (κ2) is 5.95. The van der Waals surface area contributed by atoms with E-state index in [1.165, 1.54) is 25.7 Å². The zero-order chi connectivity index (χ0) is 11.4. The lowest BCUT2D eigenvalue weighted by molar-refractivity contribution is 0.820. The Balaban J connectivity index is 1.85. The summed E-state index contributed by atoms with van der Waals surface area (Å²) in [5.74, 6) is 1.00. The topological polar surface area (TPSA) is 26.0 Å². The predicted molar refractivity (Wildman–Crippen MR) is 73.1 cm³/mol. The highest BCUT2D eigenvalue weighted by molar-refractivity contribution is 7.99. The SMILES string of the molecule is NC(CSC1CCCC1)c1cccc(Cl)c1. The van der Waals surface area contributed by atoms with Crippen LogP contribution in [0.25, 0.3) is 0 Å². The van der Waals surface area contributed by atoms with E-state index in [0.717, 1.165) is 21.6 Å². The van der Waals surface area contributed by atoms with Crippen LogP contribution in [0.2, 0.25) is 5.02 Å². The zero-order valence-electron chi connectivity index (χ0n) is 9.36. The minimum absolute atomic E-state index is 0.115. The molecule has 88 valence electrons. The van der Waals surface area contributed by atoms with E-state index in [1.807, 2.05) is 30.0 Å². The number of rotatable bonds is 4. The summed E-state index contributed by atoms with van der Waals surface area (Å²) in [6.07, 6.45) is 5.52. The molecule has 0 heterocycles. The van der Waals surface area contributed by atoms with Crippen LogP contribution in [-0.2, 0) is 0 Å². The molecule has 1 saturated carbocycles. The summed E-state index contributed by atoms with van der Waals surface area (Å²) >= 11 is 7.98. The molecular formula is C13H18ClNS. The molecule has 0 aromatic heterocycles. The van der Waals surface area contributed by atoms with Crippen LogP contribution in [0.15, 0.2) is 24.3 Å². The first-order valence-corrected chi connectivity index (χ1v) is 7.31. The largest absolute Gasteiger partial charge is 0.323 e. The smallest absolute Gasteiger partial charge is 0.0409 e. The highest BCUT2D eigenvalue weighted by atomic mass is 35.5. The van der Waals surface area contributed by atoms with Gasteiger partial charge in [-0.05, 0) is 30.5 Å². The van der Waals surface area contributed by atoms with Crippen molar-refractivity contribution >= 4 is 23.4 Å². The molecule has 1 aliphatic rings. The molecule has 0 bridgehead atoms. The highest BCUT2D eigenvalue weighted by Crippen LogP contribution is 2.31. The standard InChI is InChI=1S/C13H18ClNS/c14-11-5-3-4-10(8-11)13(15)9-16-12-6-1-2-7-12/h3-5,8,12-13H,1-2,6-7,9,15H2. The summed E-state index contributed by atoms with van der Waals surface area (Å²) in [5.41, 5.74) is 7.31. The second-order valence-corrected chi connectivity index (χ2v) is 6.17. The minimum Gasteiger partial charge on any atom is -0.323 e. The lowest BCUT2D eigenvalue weighted by atomic mass is 10.1. The fourth-order valence-electron chi connectivity index (χ4n) is 2.13. The molecule has 0 spiro atoms. The Morgan fingerprint density at radius 2 is 2.12 bits per heavy atom. The van der Waals surface area contributed by atoms with Crippen molar-refractivity contribution in [3.63, 3.8) is 0 Å². The summed E-state index contributed by atoms with van der Waals surface area (Å²) in [7, 11) is 0. The Morgan fingerprint density at radius 1 is 1.38 bits per heavy atom. The maximum absolute atomic E-state index is 6.16. The van der Waals surface area contributed by atoms with Crippen molar-refractivity contribution in [3.05, 3.63) is 34.9 Å². The van der Waals surface area contributed by atoms with E-state index < -0.39 is 0 Å². The summed E-state index contributed by atoms with van der Waals surface area (Å²) in [6.45, 7) is 0. The van der Waals surface area contributed by atoms with Gasteiger partial charge < -0.3 is 5.73 Å². The molecule has 1 atom stereocenters. The van der Waals surface area contributed by atoms with Crippen LogP contribution in [0.4, 0.5) is 0 Å². The van der Waals surface area contributed by atoms with Gasteiger partial charge in [0.25, 0.3) is 0 Å². The molecule has 0 aliphatic heterocycles. The van der Waals surface area contributed by atoms with E-state index in [9.17, 15) is 0 Å². The van der Waals surface area contributed by atoms with Gasteiger partial charge in [-0.2, -0.15) is 11.8 Å². The normalized spacial score (nSPS) is 18.9. The predicted octanol–water partition coefficient (Wildman–Crippen LogP) is 4.02. The molecule has 0 radical (unpaired) electrons. The highest BCUT2D eigenvalue weighted by Gasteiger charge is 2.17. The Kier molecular flexibility index (Phi) is 4.56. The van der Waals surface area contributed by atoms with Crippen LogP contribution in [0, 0.1) is 0 Å². The third-order valence-corrected chi connectivity index (χ3v) is 4.82. The van der Waals surface area contributed by atoms with E-state index >= 15 is 0 Å². The van der Waals surface area contributed by atoms with Crippen molar-refractivity contribution in [1.29, 1.82) is 0 Å². The van der Waals surface area contributed by atoms with Gasteiger partial charge >= 0.3 is 0 Å². The molecule has 2 N–H and O–H groups in total. The van der Waals surface area contributed by atoms with Gasteiger partial charge in [-0.3, -0.25) is 0 Å². The fraction of sp³-hybridized carbons (Fsp3) is 0.538. The van der Waals surface area contributed by atoms with Crippen LogP contribution in [0.1, 0.15) is 37.3 Å². The minimum atomic E-state index is 0.115. The maximum Gasteiger partial charge on any atom is 0.0409 e. The lowest BCUT2D eigenvalue weighted by Gasteiger charge is -2.15. The molecule has 16 heavy (non-hydrogen) atoms. The summed E-state index contributed by atoms with van der Waals surface area (Å²) < 4.78 is 0. The van der Waals surface area contributed by atoms with Crippen molar-refractivity contribution in [3.8, 4) is 0 Å². The first kappa shape index (κ1) is 12.3. The van der Waals surface area contributed by atoms with Gasteiger partial charge in [-0.25, -0.2) is 0 Å². The van der Waals surface area contributed by atoms with E-state index in [-0.39, 0.29) is 6.04 Å². The molecule has 0 amide bonds. The van der Waals surface area contributed by atoms with Crippen LogP contribution >= 0.6 is 23.4 Å². The van der Waals surface area contributed by atoms with Gasteiger partial charge in [-0.15, -0.1) is 0 Å². The van der Waals surface area contributed by atoms with Crippen molar-refractivity contribution < 1.29 is 0 Å². The van der Waals surface area contributed by atoms with Crippen LogP contribution in [0.5, 0.6) is 0 Å². The molecule has 1 aromatic carbocycles. The average molecular weight is 256 g/mol. The van der Waals surface area contributed by atoms with Crippen LogP contribution < -0.4 is 5.73 Å². The molecule has 2 rings (SSSR count).